The predicted octanol–water partition coefficient (Wildman–Crippen LogP) is 1.20. The first kappa shape index (κ1) is 12.5. The number of primary amides is 1. The fraction of sp³-hybridized carbons (Fsp3) is 0.0833. The zero-order valence-electron chi connectivity index (χ0n) is 9.75. The van der Waals surface area contributed by atoms with E-state index in [2.05, 4.69) is 15.5 Å². The molecule has 0 bridgehead atoms. The number of nitrogens with two attached hydrogens (primary N) is 1. The average Bonchev–Trinajstić information content (AvgIpc) is 2.86. The van der Waals surface area contributed by atoms with Crippen LogP contribution in [0.1, 0.15) is 12.6 Å². The summed E-state index contributed by atoms with van der Waals surface area (Å²) in [6.07, 6.45) is 0. The second-order valence-electron chi connectivity index (χ2n) is 3.58. The summed E-state index contributed by atoms with van der Waals surface area (Å²) in [6, 6.07) is 9.34. The second kappa shape index (κ2) is 5.62. The normalized spacial score (nSPS) is 11.3. The van der Waals surface area contributed by atoms with E-state index in [1.807, 2.05) is 35.3 Å². The molecule has 1 aromatic heterocycles. The van der Waals surface area contributed by atoms with Gasteiger partial charge in [0, 0.05) is 0 Å². The molecule has 1 aromatic carbocycles. The Hall–Kier alpha value is -1.91. The Morgan fingerprint density at radius 2 is 2.11 bits per heavy atom. The standard InChI is InChI=1S/C12H12N4OSe/c1-8(15-16-12(13)17)10-7-18-11(14-10)9-5-3-2-4-6-9/h2-7H,1H3,(H3,13,16,17)/b15-8+. The van der Waals surface area contributed by atoms with Gasteiger partial charge in [-0.3, -0.25) is 0 Å². The SMILES string of the molecule is C/C(=N\NC(N)=O)c1c[se]c(-c2ccccc2)n1. The number of urea groups is 1. The van der Waals surface area contributed by atoms with E-state index in [9.17, 15) is 4.79 Å². The number of benzene rings is 1. The maximum absolute atomic E-state index is 10.6. The van der Waals surface area contributed by atoms with Crippen LogP contribution in [0, 0.1) is 0 Å². The quantitative estimate of drug-likeness (QED) is 0.507. The van der Waals surface area contributed by atoms with Crippen molar-refractivity contribution in [2.75, 3.05) is 0 Å². The Bertz CT molecular complexity index is 577. The number of hydrogen-bond donors (Lipinski definition) is 2. The molecular formula is C12H12N4OSe. The molecule has 2 aromatic rings. The van der Waals surface area contributed by atoms with E-state index in [-0.39, 0.29) is 14.5 Å². The molecular weight excluding hydrogens is 295 g/mol. The number of aromatic nitrogens is 1. The molecule has 0 aliphatic heterocycles. The van der Waals surface area contributed by atoms with Crippen molar-refractivity contribution in [2.24, 2.45) is 10.8 Å². The number of nitrogens with zero attached hydrogens (tertiary/aromatic N) is 2. The van der Waals surface area contributed by atoms with Gasteiger partial charge in [0.2, 0.25) is 0 Å². The molecule has 2 rings (SSSR count). The van der Waals surface area contributed by atoms with Crippen LogP contribution in [-0.2, 0) is 0 Å². The molecule has 0 unspecified atom stereocenters. The van der Waals surface area contributed by atoms with E-state index in [1.54, 1.807) is 6.92 Å². The van der Waals surface area contributed by atoms with Crippen LogP contribution in [0.3, 0.4) is 0 Å². The van der Waals surface area contributed by atoms with Crippen LogP contribution in [0.4, 0.5) is 4.79 Å². The zero-order valence-corrected chi connectivity index (χ0v) is 11.5. The van der Waals surface area contributed by atoms with E-state index in [0.717, 1.165) is 15.8 Å². The van der Waals surface area contributed by atoms with Gasteiger partial charge in [-0.05, 0) is 0 Å². The molecule has 0 aliphatic rings. The van der Waals surface area contributed by atoms with Crippen LogP contribution in [0.25, 0.3) is 10.1 Å². The summed E-state index contributed by atoms with van der Waals surface area (Å²) in [7, 11) is 0. The summed E-state index contributed by atoms with van der Waals surface area (Å²) in [5, 5.41) is 3.86. The number of nitrogens with one attached hydrogen (secondary N) is 1. The summed E-state index contributed by atoms with van der Waals surface area (Å²) in [4.78, 5) is 17.1. The summed E-state index contributed by atoms with van der Waals surface area (Å²) in [6.45, 7) is 1.79. The fourth-order valence-corrected chi connectivity index (χ4v) is 3.17. The maximum atomic E-state index is 10.6. The summed E-state index contributed by atoms with van der Waals surface area (Å²) < 4.78 is 1.06. The van der Waals surface area contributed by atoms with Gasteiger partial charge < -0.3 is 0 Å². The number of hydrazone groups is 1. The first-order valence-electron chi connectivity index (χ1n) is 5.28. The summed E-state index contributed by atoms with van der Waals surface area (Å²) in [5.74, 6) is 0. The molecule has 92 valence electrons. The second-order valence-corrected chi connectivity index (χ2v) is 5.38. The zero-order chi connectivity index (χ0) is 13.0. The van der Waals surface area contributed by atoms with Crippen LogP contribution in [-0.4, -0.2) is 31.2 Å². The number of carbonyl (C=O) groups excluding carboxylic acids is 1. The third-order valence-electron chi connectivity index (χ3n) is 2.23. The molecule has 6 heteroatoms. The number of hydrogen-bond acceptors (Lipinski definition) is 3. The Morgan fingerprint density at radius 3 is 2.78 bits per heavy atom. The summed E-state index contributed by atoms with van der Waals surface area (Å²) >= 11 is 0.195. The average molecular weight is 307 g/mol. The predicted molar refractivity (Wildman–Crippen MR) is 71.5 cm³/mol. The third-order valence-corrected chi connectivity index (χ3v) is 4.10. The van der Waals surface area contributed by atoms with E-state index in [1.165, 1.54) is 0 Å². The van der Waals surface area contributed by atoms with Gasteiger partial charge in [0.15, 0.2) is 0 Å². The Balaban J connectivity index is 2.21. The minimum atomic E-state index is -0.675. The number of carbonyl (C=O) groups is 1. The minimum absolute atomic E-state index is 0.195. The Labute approximate surface area is 110 Å². The van der Waals surface area contributed by atoms with E-state index >= 15 is 0 Å². The van der Waals surface area contributed by atoms with Gasteiger partial charge in [-0.1, -0.05) is 0 Å². The molecule has 0 radical (unpaired) electrons. The van der Waals surface area contributed by atoms with Crippen LogP contribution < -0.4 is 11.2 Å². The Kier molecular flexibility index (Phi) is 3.92. The first-order valence-corrected chi connectivity index (χ1v) is 7.12. The molecule has 5 nitrogen and oxygen atoms in total. The van der Waals surface area contributed by atoms with Crippen molar-refractivity contribution >= 4 is 26.2 Å². The number of rotatable bonds is 3. The van der Waals surface area contributed by atoms with Gasteiger partial charge >= 0.3 is 110 Å². The summed E-state index contributed by atoms with van der Waals surface area (Å²) in [5.41, 5.74) is 9.72. The van der Waals surface area contributed by atoms with E-state index < -0.39 is 6.03 Å². The van der Waals surface area contributed by atoms with Crippen LogP contribution in [0.5, 0.6) is 0 Å². The van der Waals surface area contributed by atoms with Gasteiger partial charge in [-0.25, -0.2) is 0 Å². The van der Waals surface area contributed by atoms with E-state index in [4.69, 9.17) is 5.73 Å². The first-order chi connectivity index (χ1) is 8.66. The topological polar surface area (TPSA) is 80.4 Å². The van der Waals surface area contributed by atoms with E-state index in [0.29, 0.717) is 5.71 Å². The molecule has 1 heterocycles. The van der Waals surface area contributed by atoms with Crippen molar-refractivity contribution in [3.8, 4) is 10.1 Å². The molecule has 0 atom stereocenters. The molecule has 0 saturated heterocycles. The van der Waals surface area contributed by atoms with Gasteiger partial charge in [0.05, 0.1) is 0 Å². The number of amides is 2. The van der Waals surface area contributed by atoms with Crippen molar-refractivity contribution in [2.45, 2.75) is 6.92 Å². The van der Waals surface area contributed by atoms with Gasteiger partial charge in [-0.2, -0.15) is 0 Å². The fourth-order valence-electron chi connectivity index (χ4n) is 1.35. The molecule has 0 spiro atoms. The van der Waals surface area contributed by atoms with Gasteiger partial charge in [-0.15, -0.1) is 0 Å². The molecule has 18 heavy (non-hydrogen) atoms. The van der Waals surface area contributed by atoms with Crippen LogP contribution >= 0.6 is 0 Å². The van der Waals surface area contributed by atoms with Crippen LogP contribution in [0.2, 0.25) is 0 Å². The van der Waals surface area contributed by atoms with Crippen molar-refractivity contribution in [3.05, 3.63) is 41.0 Å². The monoisotopic (exact) mass is 308 g/mol. The van der Waals surface area contributed by atoms with Crippen molar-refractivity contribution in [1.29, 1.82) is 0 Å². The molecule has 0 aliphatic carbocycles. The molecule has 2 amide bonds. The van der Waals surface area contributed by atoms with Crippen molar-refractivity contribution in [3.63, 3.8) is 0 Å². The molecule has 0 fully saturated rings. The third kappa shape index (κ3) is 3.06. The van der Waals surface area contributed by atoms with Crippen molar-refractivity contribution in [1.82, 2.24) is 10.4 Å². The van der Waals surface area contributed by atoms with Gasteiger partial charge in [0.1, 0.15) is 0 Å². The van der Waals surface area contributed by atoms with Crippen molar-refractivity contribution < 1.29 is 4.79 Å². The van der Waals surface area contributed by atoms with Gasteiger partial charge in [0.25, 0.3) is 0 Å². The van der Waals surface area contributed by atoms with Crippen LogP contribution in [0.15, 0.2) is 40.4 Å². The molecule has 0 saturated carbocycles. The Morgan fingerprint density at radius 1 is 1.39 bits per heavy atom. The molecule has 3 N–H and O–H groups in total.